The number of phenolic OH excluding ortho intramolecular Hbond substituents is 1. The third-order valence-electron chi connectivity index (χ3n) is 4.89. The van der Waals surface area contributed by atoms with Gasteiger partial charge in [0.25, 0.3) is 0 Å². The summed E-state index contributed by atoms with van der Waals surface area (Å²) in [6.45, 7) is 5.03. The fraction of sp³-hybridized carbons (Fsp3) is 0.333. The minimum absolute atomic E-state index is 0. The Labute approximate surface area is 172 Å². The summed E-state index contributed by atoms with van der Waals surface area (Å²) < 4.78 is 5.52. The van der Waals surface area contributed by atoms with E-state index in [1.807, 2.05) is 0 Å². The van der Waals surface area contributed by atoms with E-state index < -0.39 is 46.0 Å². The fourth-order valence-corrected chi connectivity index (χ4v) is 3.47. The van der Waals surface area contributed by atoms with Crippen LogP contribution >= 0.6 is 0 Å². The number of allylic oxidation sites excluding steroid dienone is 2. The summed E-state index contributed by atoms with van der Waals surface area (Å²) in [4.78, 5) is 48.8. The Hall–Kier alpha value is -1.96. The van der Waals surface area contributed by atoms with Crippen molar-refractivity contribution in [1.29, 1.82) is 0 Å². The molecule has 8 heteroatoms. The Morgan fingerprint density at radius 2 is 1.88 bits per heavy atom. The van der Waals surface area contributed by atoms with Crippen molar-refractivity contribution >= 4 is 23.1 Å². The summed E-state index contributed by atoms with van der Waals surface area (Å²) in [5, 5.41) is 22.9. The molecule has 1 aliphatic heterocycles. The van der Waals surface area contributed by atoms with Gasteiger partial charge in [-0.25, -0.2) is 0 Å². The van der Waals surface area contributed by atoms with Crippen LogP contribution in [-0.2, 0) is 19.8 Å². The van der Waals surface area contributed by atoms with Gasteiger partial charge < -0.3 is 16.4 Å². The second kappa shape index (κ2) is 6.33. The molecule has 0 bridgehead atoms. The average molecular weight is 367 g/mol. The van der Waals surface area contributed by atoms with Crippen molar-refractivity contribution < 1.29 is 65.1 Å². The number of hydrogen-bond acceptors (Lipinski definition) is 7. The van der Waals surface area contributed by atoms with Crippen LogP contribution in [0.1, 0.15) is 43.7 Å². The number of Topliss-reactive ketones (excluding diaryl/α,β-unsaturated/α-hetero) is 3. The molecule has 3 rings (SSSR count). The van der Waals surface area contributed by atoms with E-state index in [4.69, 9.17) is 4.74 Å². The van der Waals surface area contributed by atoms with E-state index >= 15 is 0 Å². The Balaban J connectivity index is 0.00000182. The van der Waals surface area contributed by atoms with Crippen molar-refractivity contribution in [3.05, 3.63) is 28.5 Å². The minimum atomic E-state index is -1.65. The van der Waals surface area contributed by atoms with Gasteiger partial charge in [-0.05, 0) is 33.3 Å². The zero-order valence-electron chi connectivity index (χ0n) is 16.1. The van der Waals surface area contributed by atoms with Crippen LogP contribution in [0, 0.1) is 12.8 Å². The Morgan fingerprint density at radius 1 is 1.31 bits per heavy atom. The smallest absolute Gasteiger partial charge is 1.00 e. The number of benzene rings is 1. The summed E-state index contributed by atoms with van der Waals surface area (Å²) in [7, 11) is 0. The van der Waals surface area contributed by atoms with Crippen LogP contribution in [0.2, 0.25) is 0 Å². The summed E-state index contributed by atoms with van der Waals surface area (Å²) >= 11 is 0. The third-order valence-corrected chi connectivity index (χ3v) is 4.89. The molecule has 26 heavy (non-hydrogen) atoms. The predicted octanol–water partition coefficient (Wildman–Crippen LogP) is -2.02. The number of carbonyl (C=O) groups is 4. The monoisotopic (exact) mass is 367 g/mol. The van der Waals surface area contributed by atoms with Gasteiger partial charge in [-0.2, -0.15) is 0 Å². The average Bonchev–Trinajstić information content (AvgIpc) is 2.78. The molecule has 0 fully saturated rings. The zero-order valence-corrected chi connectivity index (χ0v) is 17.1. The van der Waals surface area contributed by atoms with E-state index in [0.29, 0.717) is 0 Å². The first kappa shape index (κ1) is 20.4. The molecule has 0 saturated carbocycles. The molecule has 1 heterocycles. The van der Waals surface area contributed by atoms with Gasteiger partial charge in [0.15, 0.2) is 17.3 Å². The van der Waals surface area contributed by atoms with Crippen molar-refractivity contribution in [2.45, 2.75) is 33.1 Å². The van der Waals surface area contributed by atoms with Crippen LogP contribution in [0.25, 0.3) is 0 Å². The first-order valence-corrected chi connectivity index (χ1v) is 7.60. The number of ether oxygens (including phenoxy) is 1. The standard InChI is InChI=1S/C18H16O7.Na.H/c1-6-14(22)12(8(3)20)16-13(15(6)23)18(4)10(25-16)5-9(21)11(7(2)19)17(18)24;;/h5,11,22-23H,1-4H3;;/q;+1;-1/p-1. The first-order valence-electron chi connectivity index (χ1n) is 7.60. The molecule has 2 unspecified atom stereocenters. The molecular weight excluding hydrogens is 351 g/mol. The third kappa shape index (κ3) is 2.38. The molecule has 0 aromatic heterocycles. The second-order valence-electron chi connectivity index (χ2n) is 6.48. The van der Waals surface area contributed by atoms with Crippen LogP contribution in [0.15, 0.2) is 11.8 Å². The number of aromatic hydroxyl groups is 1. The zero-order chi connectivity index (χ0) is 18.8. The van der Waals surface area contributed by atoms with Gasteiger partial charge >= 0.3 is 29.6 Å². The van der Waals surface area contributed by atoms with E-state index in [0.717, 1.165) is 13.0 Å². The van der Waals surface area contributed by atoms with E-state index in [1.165, 1.54) is 20.8 Å². The maximum Gasteiger partial charge on any atom is 1.00 e. The number of hydrogen-bond donors (Lipinski definition) is 1. The van der Waals surface area contributed by atoms with E-state index in [9.17, 15) is 29.4 Å². The molecule has 1 aliphatic carbocycles. The van der Waals surface area contributed by atoms with Gasteiger partial charge in [0.2, 0.25) is 0 Å². The van der Waals surface area contributed by atoms with E-state index in [-0.39, 0.29) is 59.2 Å². The molecule has 1 aromatic carbocycles. The molecule has 1 aromatic rings. The molecule has 132 valence electrons. The van der Waals surface area contributed by atoms with Gasteiger partial charge in [0.05, 0.1) is 0 Å². The van der Waals surface area contributed by atoms with Crippen molar-refractivity contribution in [2.75, 3.05) is 0 Å². The number of carbonyl (C=O) groups excluding carboxylic acids is 4. The molecule has 0 spiro atoms. The van der Waals surface area contributed by atoms with Crippen LogP contribution < -0.4 is 39.4 Å². The maximum absolute atomic E-state index is 12.9. The summed E-state index contributed by atoms with van der Waals surface area (Å²) in [6.07, 6.45) is 1.02. The summed E-state index contributed by atoms with van der Waals surface area (Å²) in [5.41, 5.74) is -2.09. The van der Waals surface area contributed by atoms with Gasteiger partial charge in [-0.3, -0.25) is 19.2 Å². The largest absolute Gasteiger partial charge is 1.00 e. The van der Waals surface area contributed by atoms with Crippen LogP contribution in [0.4, 0.5) is 0 Å². The van der Waals surface area contributed by atoms with Crippen molar-refractivity contribution in [2.24, 2.45) is 5.92 Å². The molecule has 0 amide bonds. The minimum Gasteiger partial charge on any atom is -1.00 e. The van der Waals surface area contributed by atoms with Crippen LogP contribution in [0.5, 0.6) is 17.2 Å². The quantitative estimate of drug-likeness (QED) is 0.364. The molecular formula is C18H16NaO7-. The number of ketones is 4. The Kier molecular flexibility index (Phi) is 4.96. The molecule has 0 radical (unpaired) electrons. The Bertz CT molecular complexity index is 934. The van der Waals surface area contributed by atoms with Gasteiger partial charge in [-0.15, -0.1) is 0 Å². The summed E-state index contributed by atoms with van der Waals surface area (Å²) in [5.74, 6) is -5.70. The SMILES string of the molecule is CC(=O)c1c(O)c(C)c([O-])c2c1OC1=CC(=O)C(C(C)=O)C(=O)C12C.[H-].[Na+]. The van der Waals surface area contributed by atoms with Crippen molar-refractivity contribution in [3.8, 4) is 17.2 Å². The fourth-order valence-electron chi connectivity index (χ4n) is 3.47. The summed E-state index contributed by atoms with van der Waals surface area (Å²) in [6, 6.07) is 0. The van der Waals surface area contributed by atoms with Crippen LogP contribution in [-0.4, -0.2) is 28.2 Å². The van der Waals surface area contributed by atoms with Gasteiger partial charge in [0.1, 0.15) is 39.9 Å². The molecule has 2 aliphatic rings. The number of fused-ring (bicyclic) bond motifs is 3. The molecule has 1 N–H and O–H groups in total. The molecule has 2 atom stereocenters. The normalized spacial score (nSPS) is 23.4. The van der Waals surface area contributed by atoms with Crippen molar-refractivity contribution in [3.63, 3.8) is 0 Å². The molecule has 7 nitrogen and oxygen atoms in total. The van der Waals surface area contributed by atoms with Gasteiger partial charge in [0, 0.05) is 11.6 Å². The molecule has 0 saturated heterocycles. The number of phenols is 1. The van der Waals surface area contributed by atoms with Crippen LogP contribution in [0.3, 0.4) is 0 Å². The maximum atomic E-state index is 12.9. The topological polar surface area (TPSA) is 121 Å². The second-order valence-corrected chi connectivity index (χ2v) is 6.48. The van der Waals surface area contributed by atoms with E-state index in [2.05, 4.69) is 0 Å². The van der Waals surface area contributed by atoms with Crippen molar-refractivity contribution in [1.82, 2.24) is 0 Å². The van der Waals surface area contributed by atoms with E-state index in [1.54, 1.807) is 0 Å². The predicted molar refractivity (Wildman–Crippen MR) is 83.7 cm³/mol. The first-order chi connectivity index (χ1) is 11.5. The number of rotatable bonds is 2. The van der Waals surface area contributed by atoms with Gasteiger partial charge in [-0.1, -0.05) is 5.75 Å². The Morgan fingerprint density at radius 3 is 2.38 bits per heavy atom.